The van der Waals surface area contributed by atoms with Gasteiger partial charge < -0.3 is 5.32 Å². The lowest BCUT2D eigenvalue weighted by Crippen LogP contribution is -2.42. The van der Waals surface area contributed by atoms with Crippen molar-refractivity contribution in [3.63, 3.8) is 0 Å². The SMILES string of the molecule is CC(C)(C)NC1CC1.CC(C)N(C(C)C)C(C)C. The average molecular weight is 256 g/mol. The van der Waals surface area contributed by atoms with Gasteiger partial charge in [-0.3, -0.25) is 4.90 Å². The van der Waals surface area contributed by atoms with Gasteiger partial charge in [0.2, 0.25) is 0 Å². The zero-order chi connectivity index (χ0) is 14.5. The smallest absolute Gasteiger partial charge is 0.00990 e. The second kappa shape index (κ2) is 7.49. The summed E-state index contributed by atoms with van der Waals surface area (Å²) in [6.45, 7) is 20.1. The Hall–Kier alpha value is -0.0800. The van der Waals surface area contributed by atoms with Crippen LogP contribution in [0.15, 0.2) is 0 Å². The zero-order valence-corrected chi connectivity index (χ0v) is 14.2. The van der Waals surface area contributed by atoms with Crippen LogP contribution in [0.2, 0.25) is 0 Å². The number of nitrogens with zero attached hydrogens (tertiary/aromatic N) is 1. The van der Waals surface area contributed by atoms with E-state index in [1.54, 1.807) is 0 Å². The van der Waals surface area contributed by atoms with Crippen molar-refractivity contribution in [2.75, 3.05) is 0 Å². The van der Waals surface area contributed by atoms with Crippen molar-refractivity contribution in [3.05, 3.63) is 0 Å². The molecule has 0 radical (unpaired) electrons. The minimum Gasteiger partial charge on any atom is -0.309 e. The highest BCUT2D eigenvalue weighted by Crippen LogP contribution is 2.21. The highest BCUT2D eigenvalue weighted by molar-refractivity contribution is 4.86. The first kappa shape index (κ1) is 17.9. The van der Waals surface area contributed by atoms with Gasteiger partial charge in [-0.25, -0.2) is 0 Å². The second-order valence-electron chi connectivity index (χ2n) is 7.40. The molecule has 1 aliphatic rings. The van der Waals surface area contributed by atoms with E-state index in [0.717, 1.165) is 6.04 Å². The van der Waals surface area contributed by atoms with E-state index in [1.807, 2.05) is 0 Å². The zero-order valence-electron chi connectivity index (χ0n) is 14.2. The van der Waals surface area contributed by atoms with E-state index in [4.69, 9.17) is 0 Å². The molecule has 0 amide bonds. The average Bonchev–Trinajstić information content (AvgIpc) is 2.82. The van der Waals surface area contributed by atoms with Crippen LogP contribution in [-0.2, 0) is 0 Å². The molecule has 1 saturated carbocycles. The van der Waals surface area contributed by atoms with Gasteiger partial charge in [0.05, 0.1) is 0 Å². The predicted molar refractivity (Wildman–Crippen MR) is 83.2 cm³/mol. The fourth-order valence-electron chi connectivity index (χ4n) is 2.63. The summed E-state index contributed by atoms with van der Waals surface area (Å²) in [6, 6.07) is 2.84. The normalized spacial score (nSPS) is 16.5. The number of hydrogen-bond donors (Lipinski definition) is 1. The van der Waals surface area contributed by atoms with E-state index in [9.17, 15) is 0 Å². The van der Waals surface area contributed by atoms with Gasteiger partial charge in [-0.05, 0) is 75.2 Å². The van der Waals surface area contributed by atoms with Crippen molar-refractivity contribution in [1.29, 1.82) is 0 Å². The summed E-state index contributed by atoms with van der Waals surface area (Å²) in [5.74, 6) is 0. The maximum Gasteiger partial charge on any atom is 0.00990 e. The monoisotopic (exact) mass is 256 g/mol. The Balaban J connectivity index is 0.000000327. The Morgan fingerprint density at radius 2 is 1.17 bits per heavy atom. The van der Waals surface area contributed by atoms with E-state index in [2.05, 4.69) is 72.5 Å². The van der Waals surface area contributed by atoms with E-state index in [1.165, 1.54) is 12.8 Å². The Labute approximate surface area is 116 Å². The Kier molecular flexibility index (Phi) is 7.46. The molecule has 0 unspecified atom stereocenters. The molecule has 0 bridgehead atoms. The first-order valence-electron chi connectivity index (χ1n) is 7.59. The Morgan fingerprint density at radius 3 is 1.22 bits per heavy atom. The van der Waals surface area contributed by atoms with Crippen LogP contribution in [0.3, 0.4) is 0 Å². The highest BCUT2D eigenvalue weighted by atomic mass is 15.2. The maximum atomic E-state index is 3.49. The van der Waals surface area contributed by atoms with Gasteiger partial charge in [-0.15, -0.1) is 0 Å². The van der Waals surface area contributed by atoms with Gasteiger partial charge in [-0.2, -0.15) is 0 Å². The summed E-state index contributed by atoms with van der Waals surface area (Å²) in [6.07, 6.45) is 2.77. The van der Waals surface area contributed by atoms with Crippen molar-refractivity contribution in [1.82, 2.24) is 10.2 Å². The van der Waals surface area contributed by atoms with Crippen LogP contribution in [0.4, 0.5) is 0 Å². The van der Waals surface area contributed by atoms with Crippen LogP contribution in [0.5, 0.6) is 0 Å². The van der Waals surface area contributed by atoms with Crippen molar-refractivity contribution in [2.24, 2.45) is 0 Å². The minimum absolute atomic E-state index is 0.334. The molecule has 0 aliphatic heterocycles. The first-order valence-corrected chi connectivity index (χ1v) is 7.59. The maximum absolute atomic E-state index is 3.49. The van der Waals surface area contributed by atoms with Gasteiger partial charge in [0, 0.05) is 29.7 Å². The van der Waals surface area contributed by atoms with E-state index in [0.29, 0.717) is 23.7 Å². The van der Waals surface area contributed by atoms with Gasteiger partial charge in [-0.1, -0.05) is 0 Å². The number of hydrogen-bond acceptors (Lipinski definition) is 2. The number of rotatable bonds is 4. The molecule has 1 aliphatic carbocycles. The van der Waals surface area contributed by atoms with Crippen LogP contribution in [0.1, 0.15) is 75.2 Å². The Bertz CT molecular complexity index is 191. The van der Waals surface area contributed by atoms with Crippen molar-refractivity contribution in [3.8, 4) is 0 Å². The van der Waals surface area contributed by atoms with Gasteiger partial charge in [0.1, 0.15) is 0 Å². The third kappa shape index (κ3) is 8.93. The van der Waals surface area contributed by atoms with Gasteiger partial charge >= 0.3 is 0 Å². The molecule has 2 heteroatoms. The van der Waals surface area contributed by atoms with Crippen LogP contribution in [-0.4, -0.2) is 34.6 Å². The molecule has 0 atom stereocenters. The quantitative estimate of drug-likeness (QED) is 0.816. The third-order valence-corrected chi connectivity index (χ3v) is 3.00. The van der Waals surface area contributed by atoms with Crippen molar-refractivity contribution >= 4 is 0 Å². The summed E-state index contributed by atoms with van der Waals surface area (Å²) in [4.78, 5) is 2.50. The van der Waals surface area contributed by atoms with Gasteiger partial charge in [0.15, 0.2) is 0 Å². The molecule has 0 heterocycles. The van der Waals surface area contributed by atoms with E-state index >= 15 is 0 Å². The van der Waals surface area contributed by atoms with Crippen LogP contribution in [0.25, 0.3) is 0 Å². The molecular weight excluding hydrogens is 220 g/mol. The minimum atomic E-state index is 0.334. The Morgan fingerprint density at radius 1 is 0.833 bits per heavy atom. The molecular formula is C16H36N2. The fourth-order valence-corrected chi connectivity index (χ4v) is 2.63. The molecule has 1 rings (SSSR count). The first-order chi connectivity index (χ1) is 8.04. The fraction of sp³-hybridized carbons (Fsp3) is 1.00. The lowest BCUT2D eigenvalue weighted by Gasteiger charge is -2.34. The predicted octanol–water partition coefficient (Wildman–Crippen LogP) is 4.05. The highest BCUT2D eigenvalue weighted by Gasteiger charge is 2.25. The molecule has 2 nitrogen and oxygen atoms in total. The molecule has 110 valence electrons. The summed E-state index contributed by atoms with van der Waals surface area (Å²) in [7, 11) is 0. The molecule has 0 spiro atoms. The summed E-state index contributed by atoms with van der Waals surface area (Å²) < 4.78 is 0. The van der Waals surface area contributed by atoms with Crippen LogP contribution >= 0.6 is 0 Å². The second-order valence-corrected chi connectivity index (χ2v) is 7.40. The third-order valence-electron chi connectivity index (χ3n) is 3.00. The van der Waals surface area contributed by atoms with Crippen molar-refractivity contribution in [2.45, 2.75) is 105 Å². The van der Waals surface area contributed by atoms with Crippen molar-refractivity contribution < 1.29 is 0 Å². The molecule has 18 heavy (non-hydrogen) atoms. The van der Waals surface area contributed by atoms with Crippen LogP contribution in [0, 0.1) is 0 Å². The molecule has 0 saturated heterocycles. The largest absolute Gasteiger partial charge is 0.309 e. The number of nitrogens with one attached hydrogen (secondary N) is 1. The van der Waals surface area contributed by atoms with E-state index < -0.39 is 0 Å². The standard InChI is InChI=1S/C9H21N.C7H15N/c1-7(2)10(8(3)4)9(5)6;1-7(2,3)8-6-4-5-6/h7-9H,1-6H3;6,8H,4-5H2,1-3H3. The topological polar surface area (TPSA) is 15.3 Å². The summed E-state index contributed by atoms with van der Waals surface area (Å²) in [5.41, 5.74) is 0.334. The lowest BCUT2D eigenvalue weighted by molar-refractivity contribution is 0.133. The molecule has 0 aromatic rings. The van der Waals surface area contributed by atoms with Crippen LogP contribution < -0.4 is 5.32 Å². The lowest BCUT2D eigenvalue weighted by atomic mass is 10.1. The summed E-state index contributed by atoms with van der Waals surface area (Å²) >= 11 is 0. The van der Waals surface area contributed by atoms with Gasteiger partial charge in [0.25, 0.3) is 0 Å². The molecule has 1 N–H and O–H groups in total. The molecule has 1 fully saturated rings. The molecule has 0 aromatic carbocycles. The molecule has 0 aromatic heterocycles. The van der Waals surface area contributed by atoms with E-state index in [-0.39, 0.29) is 0 Å². The summed E-state index contributed by atoms with van der Waals surface area (Å²) in [5, 5.41) is 3.49.